The third-order valence-corrected chi connectivity index (χ3v) is 2.20. The average molecular weight is 182 g/mol. The van der Waals surface area contributed by atoms with Gasteiger partial charge in [0.05, 0.1) is 0 Å². The van der Waals surface area contributed by atoms with E-state index in [4.69, 9.17) is 0 Å². The summed E-state index contributed by atoms with van der Waals surface area (Å²) in [7, 11) is 0. The van der Waals surface area contributed by atoms with E-state index in [9.17, 15) is 0 Å². The van der Waals surface area contributed by atoms with E-state index in [0.29, 0.717) is 0 Å². The minimum Gasteiger partial charge on any atom is -0.261 e. The molecule has 0 fully saturated rings. The van der Waals surface area contributed by atoms with Gasteiger partial charge in [0, 0.05) is 11.9 Å². The van der Waals surface area contributed by atoms with Crippen LogP contribution in [0.4, 0.5) is 0 Å². The highest BCUT2D eigenvalue weighted by Crippen LogP contribution is 2.19. The highest BCUT2D eigenvalue weighted by molar-refractivity contribution is 5.63. The molecule has 0 N–H and O–H groups in total. The van der Waals surface area contributed by atoms with Gasteiger partial charge < -0.3 is 0 Å². The quantitative estimate of drug-likeness (QED) is 0.659. The Kier molecular flexibility index (Phi) is 2.32. The van der Waals surface area contributed by atoms with E-state index in [1.807, 2.05) is 12.1 Å². The predicted octanol–water partition coefficient (Wildman–Crippen LogP) is 3.24. The number of pyridine rings is 1. The number of benzene rings is 1. The van der Waals surface area contributed by atoms with Gasteiger partial charge in [0.15, 0.2) is 0 Å². The molecule has 0 aliphatic heterocycles. The van der Waals surface area contributed by atoms with Gasteiger partial charge in [0.1, 0.15) is 0 Å². The first-order valence-electron chi connectivity index (χ1n) is 4.61. The molecule has 0 spiro atoms. The summed E-state index contributed by atoms with van der Waals surface area (Å²) in [6.07, 6.45) is 1.79. The summed E-state index contributed by atoms with van der Waals surface area (Å²) in [5, 5.41) is 0. The van der Waals surface area contributed by atoms with Crippen molar-refractivity contribution in [1.82, 2.24) is 4.98 Å². The van der Waals surface area contributed by atoms with Crippen LogP contribution in [0.2, 0.25) is 0 Å². The fourth-order valence-electron chi connectivity index (χ4n) is 1.40. The second kappa shape index (κ2) is 3.62. The Bertz CT molecular complexity index is 429. The lowest BCUT2D eigenvalue weighted by Gasteiger charge is -2.02. The molecule has 1 heteroatoms. The Labute approximate surface area is 84.4 Å². The summed E-state index contributed by atoms with van der Waals surface area (Å²) in [4.78, 5) is 4.07. The minimum absolute atomic E-state index is 0.808. The predicted molar refractivity (Wildman–Crippen MR) is 58.9 cm³/mol. The molecule has 1 heterocycles. The number of hydrogen-bond acceptors (Lipinski definition) is 1. The van der Waals surface area contributed by atoms with Crippen LogP contribution in [-0.2, 0) is 0 Å². The second-order valence-electron chi connectivity index (χ2n) is 3.40. The fraction of sp³-hybridized carbons (Fsp3) is 0.0769. The second-order valence-corrected chi connectivity index (χ2v) is 3.40. The maximum absolute atomic E-state index is 4.07. The third kappa shape index (κ3) is 1.82. The normalized spacial score (nSPS) is 10.1. The Hall–Kier alpha value is -1.63. The monoisotopic (exact) mass is 182 g/mol. The lowest BCUT2D eigenvalue weighted by Crippen LogP contribution is -1.82. The standard InChI is InChI=1S/C13H12N/c1-10-3-5-12(6-4-10)13-7-8-14-11(2)9-13/h3-9H,2H2,1H3. The minimum atomic E-state index is 0.808. The van der Waals surface area contributed by atoms with Crippen molar-refractivity contribution in [2.45, 2.75) is 6.92 Å². The molecule has 14 heavy (non-hydrogen) atoms. The molecule has 1 radical (unpaired) electrons. The number of nitrogens with zero attached hydrogens (tertiary/aromatic N) is 1. The Balaban J connectivity index is 2.44. The van der Waals surface area contributed by atoms with Crippen LogP contribution in [0.1, 0.15) is 11.3 Å². The molecule has 0 aliphatic rings. The first kappa shape index (κ1) is 8.95. The number of hydrogen-bond donors (Lipinski definition) is 0. The lowest BCUT2D eigenvalue weighted by atomic mass is 10.1. The summed E-state index contributed by atoms with van der Waals surface area (Å²) < 4.78 is 0. The van der Waals surface area contributed by atoms with E-state index in [2.05, 4.69) is 43.1 Å². The molecule has 0 saturated heterocycles. The molecular weight excluding hydrogens is 170 g/mol. The van der Waals surface area contributed by atoms with Crippen molar-refractivity contribution in [3.05, 3.63) is 60.8 Å². The van der Waals surface area contributed by atoms with Crippen LogP contribution in [0, 0.1) is 13.8 Å². The van der Waals surface area contributed by atoms with Crippen molar-refractivity contribution in [3.63, 3.8) is 0 Å². The van der Waals surface area contributed by atoms with Crippen molar-refractivity contribution >= 4 is 0 Å². The van der Waals surface area contributed by atoms with Gasteiger partial charge in [0.25, 0.3) is 0 Å². The number of aromatic nitrogens is 1. The summed E-state index contributed by atoms with van der Waals surface area (Å²) in [6.45, 7) is 5.90. The molecule has 69 valence electrons. The molecule has 0 saturated carbocycles. The smallest absolute Gasteiger partial charge is 0.0413 e. The molecule has 1 aromatic carbocycles. The molecule has 2 aromatic rings. The molecule has 0 atom stereocenters. The van der Waals surface area contributed by atoms with Gasteiger partial charge in [-0.05, 0) is 37.1 Å². The van der Waals surface area contributed by atoms with Gasteiger partial charge in [0.2, 0.25) is 0 Å². The van der Waals surface area contributed by atoms with Crippen LogP contribution in [0.15, 0.2) is 42.6 Å². The van der Waals surface area contributed by atoms with Crippen molar-refractivity contribution in [2.75, 3.05) is 0 Å². The van der Waals surface area contributed by atoms with Gasteiger partial charge in [-0.1, -0.05) is 29.8 Å². The number of aryl methyl sites for hydroxylation is 1. The van der Waals surface area contributed by atoms with E-state index in [1.165, 1.54) is 16.7 Å². The van der Waals surface area contributed by atoms with E-state index in [-0.39, 0.29) is 0 Å². The zero-order valence-corrected chi connectivity index (χ0v) is 8.20. The van der Waals surface area contributed by atoms with Gasteiger partial charge in [-0.3, -0.25) is 4.98 Å². The highest BCUT2D eigenvalue weighted by atomic mass is 14.6. The first-order valence-corrected chi connectivity index (χ1v) is 4.61. The molecule has 2 rings (SSSR count). The summed E-state index contributed by atoms with van der Waals surface area (Å²) in [5.41, 5.74) is 4.47. The average Bonchev–Trinajstić information content (AvgIpc) is 2.19. The maximum atomic E-state index is 4.07. The van der Waals surface area contributed by atoms with Crippen LogP contribution in [0.3, 0.4) is 0 Å². The summed E-state index contributed by atoms with van der Waals surface area (Å²) >= 11 is 0. The topological polar surface area (TPSA) is 12.9 Å². The van der Waals surface area contributed by atoms with E-state index in [1.54, 1.807) is 6.20 Å². The fourth-order valence-corrected chi connectivity index (χ4v) is 1.40. The van der Waals surface area contributed by atoms with Crippen LogP contribution in [-0.4, -0.2) is 4.98 Å². The molecule has 1 aromatic heterocycles. The SMILES string of the molecule is [CH2]c1cc(-c2ccc(C)cc2)ccn1. The summed E-state index contributed by atoms with van der Waals surface area (Å²) in [5.74, 6) is 0. The Morgan fingerprint density at radius 1 is 1.00 bits per heavy atom. The maximum Gasteiger partial charge on any atom is 0.0413 e. The Morgan fingerprint density at radius 3 is 2.36 bits per heavy atom. The van der Waals surface area contributed by atoms with Crippen molar-refractivity contribution < 1.29 is 0 Å². The van der Waals surface area contributed by atoms with Crippen LogP contribution < -0.4 is 0 Å². The molecule has 0 unspecified atom stereocenters. The number of rotatable bonds is 1. The zero-order valence-electron chi connectivity index (χ0n) is 8.20. The van der Waals surface area contributed by atoms with Crippen LogP contribution >= 0.6 is 0 Å². The third-order valence-electron chi connectivity index (χ3n) is 2.20. The van der Waals surface area contributed by atoms with Crippen LogP contribution in [0.25, 0.3) is 11.1 Å². The van der Waals surface area contributed by atoms with Crippen molar-refractivity contribution in [2.24, 2.45) is 0 Å². The first-order chi connectivity index (χ1) is 6.75. The molecular formula is C13H12N. The van der Waals surface area contributed by atoms with E-state index in [0.717, 1.165) is 5.69 Å². The van der Waals surface area contributed by atoms with Crippen molar-refractivity contribution in [3.8, 4) is 11.1 Å². The van der Waals surface area contributed by atoms with Gasteiger partial charge in [-0.15, -0.1) is 0 Å². The zero-order chi connectivity index (χ0) is 9.97. The van der Waals surface area contributed by atoms with Gasteiger partial charge in [-0.25, -0.2) is 0 Å². The van der Waals surface area contributed by atoms with Gasteiger partial charge >= 0.3 is 0 Å². The summed E-state index contributed by atoms with van der Waals surface area (Å²) in [6, 6.07) is 12.4. The molecule has 1 nitrogen and oxygen atoms in total. The van der Waals surface area contributed by atoms with Gasteiger partial charge in [-0.2, -0.15) is 0 Å². The highest BCUT2D eigenvalue weighted by Gasteiger charge is 1.96. The largest absolute Gasteiger partial charge is 0.261 e. The van der Waals surface area contributed by atoms with E-state index < -0.39 is 0 Å². The molecule has 0 aliphatic carbocycles. The van der Waals surface area contributed by atoms with Crippen LogP contribution in [0.5, 0.6) is 0 Å². The van der Waals surface area contributed by atoms with E-state index >= 15 is 0 Å². The Morgan fingerprint density at radius 2 is 1.71 bits per heavy atom. The lowest BCUT2D eigenvalue weighted by molar-refractivity contribution is 1.27. The molecule has 0 bridgehead atoms. The molecule has 0 amide bonds. The van der Waals surface area contributed by atoms with Crippen molar-refractivity contribution in [1.29, 1.82) is 0 Å².